The minimum atomic E-state index is -0.579. The molecule has 0 aliphatic carbocycles. The summed E-state index contributed by atoms with van der Waals surface area (Å²) in [6.07, 6.45) is -0.579. The van der Waals surface area contributed by atoms with Crippen molar-refractivity contribution < 1.29 is 14.2 Å². The first-order valence-corrected chi connectivity index (χ1v) is 9.19. The van der Waals surface area contributed by atoms with Crippen LogP contribution in [0.1, 0.15) is 5.56 Å². The monoisotopic (exact) mass is 378 g/mol. The fourth-order valence-corrected chi connectivity index (χ4v) is 3.42. The van der Waals surface area contributed by atoms with Crippen molar-refractivity contribution in [2.24, 2.45) is 0 Å². The number of hydrogen-bond donors (Lipinski definition) is 1. The molecule has 6 heteroatoms. The van der Waals surface area contributed by atoms with E-state index in [4.69, 9.17) is 16.3 Å². The number of piperazine rings is 1. The van der Waals surface area contributed by atoms with Crippen molar-refractivity contribution in [3.05, 3.63) is 58.9 Å². The fourth-order valence-electron chi connectivity index (χ4n) is 3.19. The molecule has 1 N–H and O–H groups in total. The van der Waals surface area contributed by atoms with Crippen molar-refractivity contribution in [2.75, 3.05) is 44.2 Å². The molecule has 26 heavy (non-hydrogen) atoms. The zero-order valence-corrected chi connectivity index (χ0v) is 15.6. The third kappa shape index (κ3) is 4.87. The van der Waals surface area contributed by atoms with Crippen LogP contribution in [0.15, 0.2) is 42.5 Å². The molecule has 0 radical (unpaired) electrons. The van der Waals surface area contributed by atoms with Crippen LogP contribution in [-0.4, -0.2) is 55.4 Å². The number of para-hydroxylation sites is 1. The molecule has 1 fully saturated rings. The molecular weight excluding hydrogens is 355 g/mol. The molecule has 1 saturated heterocycles. The van der Waals surface area contributed by atoms with Gasteiger partial charge in [-0.2, -0.15) is 0 Å². The number of ether oxygens (including phenoxy) is 1. The van der Waals surface area contributed by atoms with Crippen LogP contribution >= 0.6 is 11.6 Å². The highest BCUT2D eigenvalue weighted by Crippen LogP contribution is 2.22. The first-order chi connectivity index (χ1) is 12.5. The third-order valence-electron chi connectivity index (χ3n) is 4.60. The molecular formula is C20H24ClFN2O2. The van der Waals surface area contributed by atoms with Gasteiger partial charge in [-0.3, -0.25) is 4.90 Å². The zero-order chi connectivity index (χ0) is 18.5. The lowest BCUT2D eigenvalue weighted by atomic mass is 10.2. The van der Waals surface area contributed by atoms with Gasteiger partial charge in [0.25, 0.3) is 0 Å². The number of nitrogens with zero attached hydrogens (tertiary/aromatic N) is 2. The molecule has 1 atom stereocenters. The Balaban J connectivity index is 1.44. The number of aryl methyl sites for hydroxylation is 1. The lowest BCUT2D eigenvalue weighted by Gasteiger charge is -2.37. The van der Waals surface area contributed by atoms with E-state index in [2.05, 4.69) is 4.90 Å². The molecule has 1 heterocycles. The summed E-state index contributed by atoms with van der Waals surface area (Å²) in [6.45, 7) is 5.75. The van der Waals surface area contributed by atoms with Crippen LogP contribution < -0.4 is 9.64 Å². The van der Waals surface area contributed by atoms with Crippen LogP contribution in [0.5, 0.6) is 5.75 Å². The van der Waals surface area contributed by atoms with Crippen LogP contribution in [0.3, 0.4) is 0 Å². The normalized spacial score (nSPS) is 16.5. The Bertz CT molecular complexity index is 736. The van der Waals surface area contributed by atoms with Crippen LogP contribution in [0.4, 0.5) is 10.1 Å². The summed E-state index contributed by atoms with van der Waals surface area (Å²) in [5.74, 6) is 0.547. The van der Waals surface area contributed by atoms with Gasteiger partial charge in [0.2, 0.25) is 0 Å². The van der Waals surface area contributed by atoms with Gasteiger partial charge in [-0.25, -0.2) is 4.39 Å². The highest BCUT2D eigenvalue weighted by atomic mass is 35.5. The Hall–Kier alpha value is -1.82. The van der Waals surface area contributed by atoms with Crippen molar-refractivity contribution in [2.45, 2.75) is 13.0 Å². The average Bonchev–Trinajstić information content (AvgIpc) is 2.62. The Kier molecular flexibility index (Phi) is 6.35. The van der Waals surface area contributed by atoms with E-state index in [1.165, 1.54) is 6.07 Å². The summed E-state index contributed by atoms with van der Waals surface area (Å²) in [5, 5.41) is 10.9. The van der Waals surface area contributed by atoms with Crippen LogP contribution in [0.25, 0.3) is 0 Å². The summed E-state index contributed by atoms with van der Waals surface area (Å²) < 4.78 is 19.6. The second kappa shape index (κ2) is 8.71. The molecule has 0 bridgehead atoms. The summed E-state index contributed by atoms with van der Waals surface area (Å²) in [7, 11) is 0. The molecule has 2 aromatic carbocycles. The second-order valence-corrected chi connectivity index (χ2v) is 7.05. The predicted octanol–water partition coefficient (Wildman–Crippen LogP) is 3.35. The molecule has 0 spiro atoms. The van der Waals surface area contributed by atoms with Gasteiger partial charge >= 0.3 is 0 Å². The maximum atomic E-state index is 13.9. The summed E-state index contributed by atoms with van der Waals surface area (Å²) >= 11 is 5.94. The van der Waals surface area contributed by atoms with Gasteiger partial charge in [0.1, 0.15) is 24.3 Å². The van der Waals surface area contributed by atoms with Crippen LogP contribution in [0.2, 0.25) is 5.02 Å². The van der Waals surface area contributed by atoms with Crippen molar-refractivity contribution in [3.8, 4) is 5.75 Å². The van der Waals surface area contributed by atoms with E-state index in [1.54, 1.807) is 12.1 Å². The third-order valence-corrected chi connectivity index (χ3v) is 4.84. The van der Waals surface area contributed by atoms with Gasteiger partial charge in [0.05, 0.1) is 5.69 Å². The Morgan fingerprint density at radius 2 is 1.88 bits per heavy atom. The molecule has 0 aromatic heterocycles. The maximum absolute atomic E-state index is 13.9. The first kappa shape index (κ1) is 19.0. The van der Waals surface area contributed by atoms with E-state index >= 15 is 0 Å². The second-order valence-electron chi connectivity index (χ2n) is 6.61. The molecule has 3 rings (SSSR count). The lowest BCUT2D eigenvalue weighted by Crippen LogP contribution is -2.49. The van der Waals surface area contributed by atoms with E-state index in [9.17, 15) is 9.50 Å². The minimum absolute atomic E-state index is 0.187. The largest absolute Gasteiger partial charge is 0.491 e. The number of halogens is 2. The number of rotatable bonds is 6. The average molecular weight is 379 g/mol. The highest BCUT2D eigenvalue weighted by molar-refractivity contribution is 6.30. The molecule has 1 aliphatic heterocycles. The van der Waals surface area contributed by atoms with E-state index < -0.39 is 6.10 Å². The number of aliphatic hydroxyl groups is 1. The van der Waals surface area contributed by atoms with Crippen molar-refractivity contribution in [1.29, 1.82) is 0 Å². The van der Waals surface area contributed by atoms with Gasteiger partial charge in [0.15, 0.2) is 0 Å². The number of hydrogen-bond acceptors (Lipinski definition) is 4. The smallest absolute Gasteiger partial charge is 0.146 e. The fraction of sp³-hybridized carbons (Fsp3) is 0.400. The molecule has 1 aliphatic rings. The summed E-state index contributed by atoms with van der Waals surface area (Å²) in [5.41, 5.74) is 1.59. The predicted molar refractivity (Wildman–Crippen MR) is 103 cm³/mol. The topological polar surface area (TPSA) is 35.9 Å². The number of β-amino-alcohol motifs (C(OH)–C–C–N with tert-alkyl or cyclic N) is 1. The zero-order valence-electron chi connectivity index (χ0n) is 14.9. The molecule has 0 saturated carbocycles. The summed E-state index contributed by atoms with van der Waals surface area (Å²) in [6, 6.07) is 12.3. The lowest BCUT2D eigenvalue weighted by molar-refractivity contribution is 0.0660. The SMILES string of the molecule is Cc1cc(Cl)ccc1OC[C@@H](O)CN1CCN(c2ccccc2F)CC1. The quantitative estimate of drug-likeness (QED) is 0.836. The number of aliphatic hydroxyl groups excluding tert-OH is 1. The van der Waals surface area contributed by atoms with Crippen molar-refractivity contribution in [3.63, 3.8) is 0 Å². The number of benzene rings is 2. The number of anilines is 1. The van der Waals surface area contributed by atoms with E-state index in [0.29, 0.717) is 17.3 Å². The van der Waals surface area contributed by atoms with Crippen LogP contribution in [-0.2, 0) is 0 Å². The van der Waals surface area contributed by atoms with E-state index in [0.717, 1.165) is 37.5 Å². The molecule has 140 valence electrons. The van der Waals surface area contributed by atoms with E-state index in [-0.39, 0.29) is 12.4 Å². The van der Waals surface area contributed by atoms with Gasteiger partial charge in [0, 0.05) is 37.7 Å². The minimum Gasteiger partial charge on any atom is -0.491 e. The maximum Gasteiger partial charge on any atom is 0.146 e. The van der Waals surface area contributed by atoms with Gasteiger partial charge < -0.3 is 14.7 Å². The molecule has 0 amide bonds. The van der Waals surface area contributed by atoms with Crippen LogP contribution in [0, 0.1) is 12.7 Å². The highest BCUT2D eigenvalue weighted by Gasteiger charge is 2.21. The Morgan fingerprint density at radius 3 is 2.58 bits per heavy atom. The molecule has 0 unspecified atom stereocenters. The standard InChI is InChI=1S/C20H24ClFN2O2/c1-15-12-16(21)6-7-20(15)26-14-17(25)13-23-8-10-24(11-9-23)19-5-3-2-4-18(19)22/h2-7,12,17,25H,8-11,13-14H2,1H3/t17-/m0/s1. The first-order valence-electron chi connectivity index (χ1n) is 8.82. The van der Waals surface area contributed by atoms with Gasteiger partial charge in [-0.1, -0.05) is 23.7 Å². The summed E-state index contributed by atoms with van der Waals surface area (Å²) in [4.78, 5) is 4.23. The Labute approximate surface area is 158 Å². The van der Waals surface area contributed by atoms with Crippen molar-refractivity contribution in [1.82, 2.24) is 4.90 Å². The van der Waals surface area contributed by atoms with Gasteiger partial charge in [-0.15, -0.1) is 0 Å². The van der Waals surface area contributed by atoms with E-state index in [1.807, 2.05) is 36.1 Å². The Morgan fingerprint density at radius 1 is 1.15 bits per heavy atom. The molecule has 2 aromatic rings. The van der Waals surface area contributed by atoms with Crippen molar-refractivity contribution >= 4 is 17.3 Å². The van der Waals surface area contributed by atoms with Gasteiger partial charge in [-0.05, 0) is 42.8 Å². The molecule has 4 nitrogen and oxygen atoms in total.